The summed E-state index contributed by atoms with van der Waals surface area (Å²) in [7, 11) is -4.37. The first kappa shape index (κ1) is 14.3. The van der Waals surface area contributed by atoms with Crippen LogP contribution in [0.15, 0.2) is 41.3 Å². The largest absolute Gasteiger partial charge is 0.399 e. The van der Waals surface area contributed by atoms with Gasteiger partial charge in [0.2, 0.25) is 0 Å². The zero-order valence-corrected chi connectivity index (χ0v) is 11.3. The van der Waals surface area contributed by atoms with E-state index in [0.717, 1.165) is 18.2 Å². The summed E-state index contributed by atoms with van der Waals surface area (Å²) in [5, 5.41) is 0. The number of aryl methyl sites for hydroxylation is 1. The molecule has 0 radical (unpaired) electrons. The zero-order valence-electron chi connectivity index (χ0n) is 10.5. The number of nitrogens with two attached hydrogens (primary N) is 1. The van der Waals surface area contributed by atoms with Gasteiger partial charge in [-0.25, -0.2) is 17.2 Å². The molecule has 0 aliphatic heterocycles. The average Bonchev–Trinajstić information content (AvgIpc) is 2.33. The third-order valence-corrected chi connectivity index (χ3v) is 4.11. The van der Waals surface area contributed by atoms with Gasteiger partial charge in [0.1, 0.15) is 11.6 Å². The Balaban J connectivity index is 2.49. The van der Waals surface area contributed by atoms with E-state index >= 15 is 0 Å². The second-order valence-corrected chi connectivity index (χ2v) is 5.85. The monoisotopic (exact) mass is 298 g/mol. The first-order chi connectivity index (χ1) is 9.31. The molecule has 7 heteroatoms. The summed E-state index contributed by atoms with van der Waals surface area (Å²) < 4.78 is 53.4. The number of anilines is 2. The molecule has 0 saturated carbocycles. The molecular formula is C13H12F2N2O2S. The van der Waals surface area contributed by atoms with Gasteiger partial charge in [0.15, 0.2) is 4.90 Å². The third-order valence-electron chi connectivity index (χ3n) is 2.69. The number of nitrogens with one attached hydrogen (secondary N) is 1. The molecule has 2 aromatic rings. The summed E-state index contributed by atoms with van der Waals surface area (Å²) in [5.74, 6) is -2.31. The van der Waals surface area contributed by atoms with Gasteiger partial charge in [-0.05, 0) is 36.8 Å². The number of sulfonamides is 1. The lowest BCUT2D eigenvalue weighted by molar-refractivity contribution is 0.521. The molecule has 2 rings (SSSR count). The number of rotatable bonds is 3. The second kappa shape index (κ2) is 5.09. The number of hydrogen-bond donors (Lipinski definition) is 2. The summed E-state index contributed by atoms with van der Waals surface area (Å²) in [6.45, 7) is 1.65. The molecule has 0 heterocycles. The van der Waals surface area contributed by atoms with Crippen molar-refractivity contribution in [1.82, 2.24) is 0 Å². The van der Waals surface area contributed by atoms with E-state index in [4.69, 9.17) is 5.73 Å². The van der Waals surface area contributed by atoms with Crippen LogP contribution in [0.2, 0.25) is 0 Å². The Hall–Kier alpha value is -2.15. The van der Waals surface area contributed by atoms with Crippen LogP contribution in [0.4, 0.5) is 20.2 Å². The molecule has 0 fully saturated rings. The molecule has 0 aromatic heterocycles. The highest BCUT2D eigenvalue weighted by atomic mass is 32.2. The number of benzene rings is 2. The smallest absolute Gasteiger partial charge is 0.267 e. The fourth-order valence-electron chi connectivity index (χ4n) is 1.68. The molecule has 3 N–H and O–H groups in total. The first-order valence-corrected chi connectivity index (χ1v) is 7.12. The van der Waals surface area contributed by atoms with Crippen LogP contribution in [-0.2, 0) is 10.0 Å². The Bertz CT molecular complexity index is 741. The minimum Gasteiger partial charge on any atom is -0.399 e. The highest BCUT2D eigenvalue weighted by Gasteiger charge is 2.24. The number of halogens is 2. The van der Waals surface area contributed by atoms with E-state index in [2.05, 4.69) is 4.72 Å². The summed E-state index contributed by atoms with van der Waals surface area (Å²) in [4.78, 5) is -1.01. The van der Waals surface area contributed by atoms with Gasteiger partial charge in [-0.15, -0.1) is 0 Å². The molecular weight excluding hydrogens is 286 g/mol. The molecule has 2 aromatic carbocycles. The van der Waals surface area contributed by atoms with E-state index in [9.17, 15) is 17.2 Å². The SMILES string of the molecule is Cc1ccc(N)cc1NS(=O)(=O)c1c(F)cccc1F. The van der Waals surface area contributed by atoms with Crippen molar-refractivity contribution >= 4 is 21.4 Å². The van der Waals surface area contributed by atoms with E-state index < -0.39 is 26.6 Å². The van der Waals surface area contributed by atoms with Crippen LogP contribution in [0.1, 0.15) is 5.56 Å². The zero-order chi connectivity index (χ0) is 14.9. The Morgan fingerprint density at radius 3 is 2.30 bits per heavy atom. The second-order valence-electron chi connectivity index (χ2n) is 4.23. The van der Waals surface area contributed by atoms with Crippen LogP contribution in [0, 0.1) is 18.6 Å². The van der Waals surface area contributed by atoms with Crippen LogP contribution in [0.25, 0.3) is 0 Å². The molecule has 20 heavy (non-hydrogen) atoms. The molecule has 0 aliphatic carbocycles. The minimum atomic E-state index is -4.37. The van der Waals surface area contributed by atoms with E-state index in [1.807, 2.05) is 0 Å². The number of nitrogen functional groups attached to an aromatic ring is 1. The van der Waals surface area contributed by atoms with Gasteiger partial charge in [0.05, 0.1) is 5.69 Å². The molecule has 0 unspecified atom stereocenters. The third kappa shape index (κ3) is 2.72. The van der Waals surface area contributed by atoms with Crippen molar-refractivity contribution in [2.45, 2.75) is 11.8 Å². The van der Waals surface area contributed by atoms with E-state index in [1.54, 1.807) is 19.1 Å². The summed E-state index contributed by atoms with van der Waals surface area (Å²) >= 11 is 0. The van der Waals surface area contributed by atoms with Crippen molar-refractivity contribution in [3.63, 3.8) is 0 Å². The van der Waals surface area contributed by atoms with Gasteiger partial charge in [0, 0.05) is 5.69 Å². The Kier molecular flexibility index (Phi) is 3.63. The van der Waals surface area contributed by atoms with E-state index in [1.165, 1.54) is 6.07 Å². The average molecular weight is 298 g/mol. The van der Waals surface area contributed by atoms with Crippen LogP contribution in [-0.4, -0.2) is 8.42 Å². The fraction of sp³-hybridized carbons (Fsp3) is 0.0769. The lowest BCUT2D eigenvalue weighted by atomic mass is 10.2. The van der Waals surface area contributed by atoms with Gasteiger partial charge in [-0.3, -0.25) is 4.72 Å². The molecule has 0 amide bonds. The van der Waals surface area contributed by atoms with E-state index in [-0.39, 0.29) is 5.69 Å². The van der Waals surface area contributed by atoms with Crippen molar-refractivity contribution in [2.24, 2.45) is 0 Å². The maximum Gasteiger partial charge on any atom is 0.267 e. The maximum absolute atomic E-state index is 13.5. The Labute approximate surface area is 115 Å². The topological polar surface area (TPSA) is 72.2 Å². The van der Waals surface area contributed by atoms with E-state index in [0.29, 0.717) is 11.3 Å². The van der Waals surface area contributed by atoms with Crippen LogP contribution >= 0.6 is 0 Å². The van der Waals surface area contributed by atoms with Gasteiger partial charge in [-0.2, -0.15) is 0 Å². The molecule has 106 valence electrons. The van der Waals surface area contributed by atoms with Crippen molar-refractivity contribution in [1.29, 1.82) is 0 Å². The first-order valence-electron chi connectivity index (χ1n) is 5.64. The maximum atomic E-state index is 13.5. The van der Waals surface area contributed by atoms with Gasteiger partial charge >= 0.3 is 0 Å². The molecule has 0 aliphatic rings. The summed E-state index contributed by atoms with van der Waals surface area (Å²) in [6.07, 6.45) is 0. The van der Waals surface area contributed by atoms with Crippen LogP contribution in [0.5, 0.6) is 0 Å². The molecule has 4 nitrogen and oxygen atoms in total. The highest BCUT2D eigenvalue weighted by molar-refractivity contribution is 7.92. The molecule has 0 bridgehead atoms. The quantitative estimate of drug-likeness (QED) is 0.856. The molecule has 0 atom stereocenters. The number of hydrogen-bond acceptors (Lipinski definition) is 3. The predicted octanol–water partition coefficient (Wildman–Crippen LogP) is 2.66. The Morgan fingerprint density at radius 2 is 1.70 bits per heavy atom. The minimum absolute atomic E-state index is 0.174. The summed E-state index contributed by atoms with van der Waals surface area (Å²) in [5.41, 5.74) is 6.65. The lowest BCUT2D eigenvalue weighted by Crippen LogP contribution is -2.17. The van der Waals surface area contributed by atoms with Crippen molar-refractivity contribution in [2.75, 3.05) is 10.5 Å². The van der Waals surface area contributed by atoms with Gasteiger partial charge in [-0.1, -0.05) is 12.1 Å². The predicted molar refractivity (Wildman–Crippen MR) is 72.8 cm³/mol. The fourth-order valence-corrected chi connectivity index (χ4v) is 2.95. The standard InChI is InChI=1S/C13H12F2N2O2S/c1-8-5-6-9(16)7-12(8)17-20(18,19)13-10(14)3-2-4-11(13)15/h2-7,17H,16H2,1H3. The molecule has 0 saturated heterocycles. The lowest BCUT2D eigenvalue weighted by Gasteiger charge is -2.12. The molecule has 0 spiro atoms. The van der Waals surface area contributed by atoms with Crippen molar-refractivity contribution < 1.29 is 17.2 Å². The Morgan fingerprint density at radius 1 is 1.10 bits per heavy atom. The highest BCUT2D eigenvalue weighted by Crippen LogP contribution is 2.24. The van der Waals surface area contributed by atoms with Gasteiger partial charge in [0.25, 0.3) is 10.0 Å². The van der Waals surface area contributed by atoms with Crippen LogP contribution in [0.3, 0.4) is 0 Å². The van der Waals surface area contributed by atoms with Gasteiger partial charge < -0.3 is 5.73 Å². The normalized spacial score (nSPS) is 11.3. The summed E-state index contributed by atoms with van der Waals surface area (Å²) in [6, 6.07) is 7.43. The van der Waals surface area contributed by atoms with Crippen molar-refractivity contribution in [3.05, 3.63) is 53.6 Å². The van der Waals surface area contributed by atoms with Crippen LogP contribution < -0.4 is 10.5 Å². The van der Waals surface area contributed by atoms with Crippen molar-refractivity contribution in [3.8, 4) is 0 Å².